The summed E-state index contributed by atoms with van der Waals surface area (Å²) in [5.41, 5.74) is -0.708. The van der Waals surface area contributed by atoms with Crippen LogP contribution in [0.4, 0.5) is 0 Å². The van der Waals surface area contributed by atoms with Gasteiger partial charge in [-0.15, -0.1) is 0 Å². The molecule has 0 aliphatic rings. The van der Waals surface area contributed by atoms with Crippen molar-refractivity contribution < 1.29 is 20.1 Å². The van der Waals surface area contributed by atoms with E-state index in [1.165, 1.54) is 103 Å². The molecule has 5 heteroatoms. The lowest BCUT2D eigenvalue weighted by Crippen LogP contribution is -2.29. The van der Waals surface area contributed by atoms with Crippen LogP contribution in [0, 0.1) is 5.41 Å². The first-order valence-electron chi connectivity index (χ1n) is 13.0. The summed E-state index contributed by atoms with van der Waals surface area (Å²) < 4.78 is 5.44. The molecule has 0 saturated carbocycles. The van der Waals surface area contributed by atoms with E-state index >= 15 is 0 Å². The zero-order valence-electron chi connectivity index (χ0n) is 21.0. The van der Waals surface area contributed by atoms with Crippen LogP contribution < -0.4 is 0 Å². The predicted octanol–water partition coefficient (Wildman–Crippen LogP) is 6.97. The number of aliphatic hydroxyl groups excluding tert-OH is 3. The fourth-order valence-corrected chi connectivity index (χ4v) is 3.17. The number of ether oxygens (including phenoxy) is 1. The molecule has 0 fully saturated rings. The van der Waals surface area contributed by atoms with Gasteiger partial charge in [0.25, 0.3) is 0 Å². The quantitative estimate of drug-likeness (QED) is 0.127. The third-order valence-corrected chi connectivity index (χ3v) is 6.10. The van der Waals surface area contributed by atoms with Crippen molar-refractivity contribution in [1.82, 2.24) is 0 Å². The van der Waals surface area contributed by atoms with E-state index in [1.54, 1.807) is 6.92 Å². The van der Waals surface area contributed by atoms with Gasteiger partial charge in [0.1, 0.15) is 0 Å². The van der Waals surface area contributed by atoms with Crippen molar-refractivity contribution in [1.29, 1.82) is 0 Å². The molecular weight excluding hydrogens is 408 g/mol. The first kappa shape index (κ1) is 32.9. The lowest BCUT2D eigenvalue weighted by atomic mass is 9.95. The minimum atomic E-state index is -0.708. The molecule has 0 heterocycles. The van der Waals surface area contributed by atoms with Crippen molar-refractivity contribution in [3.63, 3.8) is 0 Å². The van der Waals surface area contributed by atoms with Crippen LogP contribution in [0.3, 0.4) is 0 Å². The molecule has 0 unspecified atom stereocenters. The van der Waals surface area contributed by atoms with E-state index in [2.05, 4.69) is 13.8 Å². The Hall–Kier alpha value is -0.230. The van der Waals surface area contributed by atoms with Gasteiger partial charge in [0.15, 0.2) is 5.05 Å². The Balaban J connectivity index is 0. The number of hydrogen-bond donors (Lipinski definition) is 3. The normalized spacial score (nSPS) is 11.2. The SMILES string of the molecule is CC(CO)(CO)CO.CCCCCCCCCCCCCCCCCCOC(=S)CC. The predicted molar refractivity (Wildman–Crippen MR) is 138 cm³/mol. The van der Waals surface area contributed by atoms with Crippen LogP contribution in [0.5, 0.6) is 0 Å². The molecule has 0 aliphatic carbocycles. The molecule has 0 bridgehead atoms. The first-order valence-corrected chi connectivity index (χ1v) is 13.4. The smallest absolute Gasteiger partial charge is 0.159 e. The van der Waals surface area contributed by atoms with E-state index in [-0.39, 0.29) is 19.8 Å². The van der Waals surface area contributed by atoms with Crippen LogP contribution in [0.15, 0.2) is 0 Å². The molecule has 4 nitrogen and oxygen atoms in total. The maximum absolute atomic E-state index is 8.47. The minimum Gasteiger partial charge on any atom is -0.487 e. The van der Waals surface area contributed by atoms with Crippen LogP contribution in [-0.2, 0) is 4.74 Å². The second kappa shape index (κ2) is 26.0. The van der Waals surface area contributed by atoms with Crippen LogP contribution in [0.2, 0.25) is 0 Å². The summed E-state index contributed by atoms with van der Waals surface area (Å²) in [7, 11) is 0. The van der Waals surface area contributed by atoms with Gasteiger partial charge in [-0.1, -0.05) is 117 Å². The number of unbranched alkanes of at least 4 members (excludes halogenated alkanes) is 15. The zero-order chi connectivity index (χ0) is 23.6. The monoisotopic (exact) mass is 462 g/mol. The van der Waals surface area contributed by atoms with Gasteiger partial charge in [-0.25, -0.2) is 0 Å². The second-order valence-electron chi connectivity index (χ2n) is 9.16. The van der Waals surface area contributed by atoms with Crippen LogP contribution in [-0.4, -0.2) is 46.8 Å². The Labute approximate surface area is 199 Å². The van der Waals surface area contributed by atoms with Crippen molar-refractivity contribution in [3.05, 3.63) is 0 Å². The van der Waals surface area contributed by atoms with Crippen molar-refractivity contribution in [2.75, 3.05) is 26.4 Å². The number of rotatable bonds is 21. The summed E-state index contributed by atoms with van der Waals surface area (Å²) in [6.45, 7) is 6.23. The standard InChI is InChI=1S/C21H42OS.C5H12O3/c1-3-5-6-7-8-9-10-11-12-13-14-15-16-17-18-19-20-22-21(23)4-2;1-5(2-6,3-7)4-8/h3-20H2,1-2H3;6-8H,2-4H2,1H3. The lowest BCUT2D eigenvalue weighted by molar-refractivity contribution is 0.0200. The summed E-state index contributed by atoms with van der Waals surface area (Å²) >= 11 is 5.04. The second-order valence-corrected chi connectivity index (χ2v) is 9.62. The molecule has 0 amide bonds. The Morgan fingerprint density at radius 2 is 0.935 bits per heavy atom. The number of aliphatic hydroxyl groups is 3. The molecule has 188 valence electrons. The van der Waals surface area contributed by atoms with Crippen molar-refractivity contribution in [2.45, 2.75) is 130 Å². The highest BCUT2D eigenvalue weighted by Crippen LogP contribution is 2.14. The Morgan fingerprint density at radius 3 is 1.19 bits per heavy atom. The van der Waals surface area contributed by atoms with Gasteiger partial charge in [0.05, 0.1) is 26.4 Å². The van der Waals surface area contributed by atoms with Gasteiger partial charge in [-0.3, -0.25) is 0 Å². The minimum absolute atomic E-state index is 0.181. The Morgan fingerprint density at radius 1 is 0.613 bits per heavy atom. The zero-order valence-corrected chi connectivity index (χ0v) is 21.8. The maximum Gasteiger partial charge on any atom is 0.159 e. The highest BCUT2D eigenvalue weighted by Gasteiger charge is 2.20. The fraction of sp³-hybridized carbons (Fsp3) is 0.962. The van der Waals surface area contributed by atoms with Crippen molar-refractivity contribution >= 4 is 17.3 Å². The fourth-order valence-electron chi connectivity index (χ4n) is 3.09. The summed E-state index contributed by atoms with van der Waals surface area (Å²) in [6.07, 6.45) is 23.4. The molecule has 3 N–H and O–H groups in total. The number of hydrogen-bond acceptors (Lipinski definition) is 5. The summed E-state index contributed by atoms with van der Waals surface area (Å²) in [5, 5.41) is 26.2. The maximum atomic E-state index is 8.47. The molecule has 0 radical (unpaired) electrons. The van der Waals surface area contributed by atoms with Gasteiger partial charge in [0.2, 0.25) is 0 Å². The van der Waals surface area contributed by atoms with E-state index in [0.29, 0.717) is 0 Å². The van der Waals surface area contributed by atoms with E-state index < -0.39 is 5.41 Å². The molecule has 0 atom stereocenters. The Kier molecular flexibility index (Phi) is 27.7. The lowest BCUT2D eigenvalue weighted by Gasteiger charge is -2.20. The molecule has 31 heavy (non-hydrogen) atoms. The molecular formula is C26H54O4S. The highest BCUT2D eigenvalue weighted by molar-refractivity contribution is 7.80. The summed E-state index contributed by atoms with van der Waals surface area (Å²) in [5.74, 6) is 0. The van der Waals surface area contributed by atoms with Gasteiger partial charge < -0.3 is 20.1 Å². The average Bonchev–Trinajstić information content (AvgIpc) is 2.80. The molecule has 0 aliphatic heterocycles. The largest absolute Gasteiger partial charge is 0.487 e. The molecule has 0 rings (SSSR count). The average molecular weight is 463 g/mol. The van der Waals surface area contributed by atoms with Crippen LogP contribution in [0.1, 0.15) is 130 Å². The van der Waals surface area contributed by atoms with Crippen LogP contribution in [0.25, 0.3) is 0 Å². The molecule has 0 aromatic carbocycles. The van der Waals surface area contributed by atoms with E-state index in [0.717, 1.165) is 18.1 Å². The van der Waals surface area contributed by atoms with Gasteiger partial charge in [-0.05, 0) is 18.6 Å². The summed E-state index contributed by atoms with van der Waals surface area (Å²) in [6, 6.07) is 0. The Bertz CT molecular complexity index is 351. The van der Waals surface area contributed by atoms with Crippen molar-refractivity contribution in [3.8, 4) is 0 Å². The van der Waals surface area contributed by atoms with E-state index in [4.69, 9.17) is 32.3 Å². The molecule has 0 saturated heterocycles. The van der Waals surface area contributed by atoms with Gasteiger partial charge >= 0.3 is 0 Å². The van der Waals surface area contributed by atoms with E-state index in [9.17, 15) is 0 Å². The van der Waals surface area contributed by atoms with Crippen molar-refractivity contribution in [2.24, 2.45) is 5.41 Å². The van der Waals surface area contributed by atoms with Crippen LogP contribution >= 0.6 is 12.2 Å². The number of thiocarbonyl (C=S) groups is 1. The highest BCUT2D eigenvalue weighted by atomic mass is 32.1. The topological polar surface area (TPSA) is 69.9 Å². The van der Waals surface area contributed by atoms with E-state index in [1.807, 2.05) is 0 Å². The summed E-state index contributed by atoms with van der Waals surface area (Å²) in [4.78, 5) is 0. The van der Waals surface area contributed by atoms with Gasteiger partial charge in [0, 0.05) is 11.8 Å². The van der Waals surface area contributed by atoms with Gasteiger partial charge in [-0.2, -0.15) is 0 Å². The molecule has 0 spiro atoms. The first-order chi connectivity index (χ1) is 15.0. The molecule has 0 aromatic rings. The molecule has 0 aromatic heterocycles. The third-order valence-electron chi connectivity index (χ3n) is 5.69. The third kappa shape index (κ3) is 25.9.